The summed E-state index contributed by atoms with van der Waals surface area (Å²) in [7, 11) is -3.41. The molecule has 18 heavy (non-hydrogen) atoms. The van der Waals surface area contributed by atoms with Gasteiger partial charge in [-0.15, -0.1) is 0 Å². The first-order valence-electron chi connectivity index (χ1n) is 4.84. The van der Waals surface area contributed by atoms with Gasteiger partial charge >= 0.3 is 5.97 Å². The van der Waals surface area contributed by atoms with E-state index in [9.17, 15) is 22.0 Å². The number of carboxylic acids is 1. The van der Waals surface area contributed by atoms with Crippen LogP contribution in [0.4, 0.5) is 8.78 Å². The zero-order valence-electron chi connectivity index (χ0n) is 9.59. The molecule has 1 atom stereocenters. The quantitative estimate of drug-likeness (QED) is 0.894. The van der Waals surface area contributed by atoms with Gasteiger partial charge < -0.3 is 5.11 Å². The summed E-state index contributed by atoms with van der Waals surface area (Å²) in [6, 6.07) is 1.29. The van der Waals surface area contributed by atoms with E-state index in [1.165, 1.54) is 0 Å². The molecule has 8 heteroatoms. The minimum Gasteiger partial charge on any atom is -0.480 e. The van der Waals surface area contributed by atoms with Crippen molar-refractivity contribution in [3.05, 3.63) is 29.8 Å². The molecule has 0 saturated heterocycles. The average molecular weight is 279 g/mol. The SMILES string of the molecule is CC(C(=O)O)N(C)S(=O)(=O)c1cccc(F)c1F. The summed E-state index contributed by atoms with van der Waals surface area (Å²) >= 11 is 0. The van der Waals surface area contributed by atoms with Crippen molar-refractivity contribution in [3.63, 3.8) is 0 Å². The summed E-state index contributed by atoms with van der Waals surface area (Å²) in [5.41, 5.74) is 0. The molecular formula is C10H11F2NO4S. The predicted molar refractivity (Wildman–Crippen MR) is 58.4 cm³/mol. The summed E-state index contributed by atoms with van der Waals surface area (Å²) in [6.07, 6.45) is 0. The second kappa shape index (κ2) is 4.99. The van der Waals surface area contributed by atoms with Gasteiger partial charge in [-0.2, -0.15) is 4.31 Å². The van der Waals surface area contributed by atoms with Gasteiger partial charge in [0.2, 0.25) is 10.0 Å². The lowest BCUT2D eigenvalue weighted by atomic mass is 10.3. The van der Waals surface area contributed by atoms with Gasteiger partial charge in [0.25, 0.3) is 0 Å². The Kier molecular flexibility index (Phi) is 4.02. The van der Waals surface area contributed by atoms with Crippen LogP contribution < -0.4 is 0 Å². The number of aliphatic carboxylic acids is 1. The van der Waals surface area contributed by atoms with Crippen molar-refractivity contribution in [3.8, 4) is 0 Å². The van der Waals surface area contributed by atoms with Crippen molar-refractivity contribution < 1.29 is 27.1 Å². The highest BCUT2D eigenvalue weighted by molar-refractivity contribution is 7.89. The number of nitrogens with zero attached hydrogens (tertiary/aromatic N) is 1. The van der Waals surface area contributed by atoms with Gasteiger partial charge in [-0.05, 0) is 19.1 Å². The van der Waals surface area contributed by atoms with Crippen LogP contribution in [0, 0.1) is 11.6 Å². The molecule has 100 valence electrons. The fraction of sp³-hybridized carbons (Fsp3) is 0.300. The molecule has 0 fully saturated rings. The molecule has 0 bridgehead atoms. The first kappa shape index (κ1) is 14.5. The summed E-state index contributed by atoms with van der Waals surface area (Å²) in [5.74, 6) is -4.23. The van der Waals surface area contributed by atoms with Crippen molar-refractivity contribution in [1.29, 1.82) is 0 Å². The summed E-state index contributed by atoms with van der Waals surface area (Å²) in [4.78, 5) is 9.81. The van der Waals surface area contributed by atoms with E-state index >= 15 is 0 Å². The molecule has 1 aromatic carbocycles. The van der Waals surface area contributed by atoms with Gasteiger partial charge in [0.1, 0.15) is 10.9 Å². The minimum absolute atomic E-state index is 0.465. The lowest BCUT2D eigenvalue weighted by molar-refractivity contribution is -0.140. The topological polar surface area (TPSA) is 74.7 Å². The van der Waals surface area contributed by atoms with Crippen LogP contribution in [0.25, 0.3) is 0 Å². The zero-order valence-corrected chi connectivity index (χ0v) is 10.4. The van der Waals surface area contributed by atoms with Crippen LogP contribution in [-0.2, 0) is 14.8 Å². The van der Waals surface area contributed by atoms with Gasteiger partial charge in [0.15, 0.2) is 11.6 Å². The number of likely N-dealkylation sites (N-methyl/N-ethyl adjacent to an activating group) is 1. The molecule has 1 rings (SSSR count). The Bertz CT molecular complexity index is 573. The van der Waals surface area contributed by atoms with Crippen LogP contribution in [-0.4, -0.2) is 36.9 Å². The molecule has 0 radical (unpaired) electrons. The van der Waals surface area contributed by atoms with E-state index in [0.29, 0.717) is 4.31 Å². The van der Waals surface area contributed by atoms with Gasteiger partial charge in [0.05, 0.1) is 0 Å². The van der Waals surface area contributed by atoms with Crippen LogP contribution in [0.3, 0.4) is 0 Å². The fourth-order valence-corrected chi connectivity index (χ4v) is 2.59. The highest BCUT2D eigenvalue weighted by atomic mass is 32.2. The molecule has 0 aliphatic heterocycles. The molecule has 0 saturated carbocycles. The highest BCUT2D eigenvalue weighted by Gasteiger charge is 2.32. The Morgan fingerprint density at radius 3 is 2.44 bits per heavy atom. The predicted octanol–water partition coefficient (Wildman–Crippen LogP) is 1.06. The van der Waals surface area contributed by atoms with E-state index in [0.717, 1.165) is 32.2 Å². The molecule has 0 heterocycles. The molecule has 0 aliphatic rings. The maximum atomic E-state index is 13.4. The summed E-state index contributed by atoms with van der Waals surface area (Å²) < 4.78 is 50.6. The van der Waals surface area contributed by atoms with E-state index in [2.05, 4.69) is 0 Å². The second-order valence-corrected chi connectivity index (χ2v) is 5.55. The molecule has 0 aromatic heterocycles. The average Bonchev–Trinajstić information content (AvgIpc) is 2.30. The highest BCUT2D eigenvalue weighted by Crippen LogP contribution is 2.21. The lowest BCUT2D eigenvalue weighted by Crippen LogP contribution is -2.40. The smallest absolute Gasteiger partial charge is 0.321 e. The van der Waals surface area contributed by atoms with E-state index in [1.54, 1.807) is 0 Å². The Morgan fingerprint density at radius 2 is 1.94 bits per heavy atom. The maximum absolute atomic E-state index is 13.4. The second-order valence-electron chi connectivity index (χ2n) is 3.59. The monoisotopic (exact) mass is 279 g/mol. The number of benzene rings is 1. The maximum Gasteiger partial charge on any atom is 0.321 e. The van der Waals surface area contributed by atoms with E-state index in [-0.39, 0.29) is 0 Å². The van der Waals surface area contributed by atoms with Gasteiger partial charge in [-0.25, -0.2) is 17.2 Å². The number of hydrogen-bond donors (Lipinski definition) is 1. The Balaban J connectivity index is 3.30. The van der Waals surface area contributed by atoms with Crippen LogP contribution in [0.5, 0.6) is 0 Å². The van der Waals surface area contributed by atoms with Crippen molar-refractivity contribution in [2.75, 3.05) is 7.05 Å². The van der Waals surface area contributed by atoms with Crippen molar-refractivity contribution in [2.24, 2.45) is 0 Å². The van der Waals surface area contributed by atoms with Crippen molar-refractivity contribution in [1.82, 2.24) is 4.31 Å². The van der Waals surface area contributed by atoms with E-state index < -0.39 is 38.6 Å². The van der Waals surface area contributed by atoms with Gasteiger partial charge in [-0.3, -0.25) is 4.79 Å². The van der Waals surface area contributed by atoms with Crippen LogP contribution in [0.1, 0.15) is 6.92 Å². The normalized spacial score (nSPS) is 13.6. The molecule has 1 N–H and O–H groups in total. The molecule has 0 spiro atoms. The Hall–Kier alpha value is -1.54. The number of rotatable bonds is 4. The van der Waals surface area contributed by atoms with Gasteiger partial charge in [-0.1, -0.05) is 6.07 Å². The van der Waals surface area contributed by atoms with Crippen LogP contribution in [0.15, 0.2) is 23.1 Å². The van der Waals surface area contributed by atoms with E-state index in [1.807, 2.05) is 0 Å². The number of hydrogen-bond acceptors (Lipinski definition) is 3. The number of carbonyl (C=O) groups is 1. The Morgan fingerprint density at radius 1 is 1.39 bits per heavy atom. The Labute approximate surface area is 103 Å². The molecule has 0 amide bonds. The first-order valence-corrected chi connectivity index (χ1v) is 6.28. The van der Waals surface area contributed by atoms with Crippen molar-refractivity contribution >= 4 is 16.0 Å². The number of sulfonamides is 1. The summed E-state index contributed by atoms with van der Waals surface area (Å²) in [5, 5.41) is 8.71. The largest absolute Gasteiger partial charge is 0.480 e. The fourth-order valence-electron chi connectivity index (χ4n) is 1.20. The van der Waals surface area contributed by atoms with Gasteiger partial charge in [0, 0.05) is 7.05 Å². The minimum atomic E-state index is -4.40. The third-order valence-electron chi connectivity index (χ3n) is 2.48. The molecule has 1 unspecified atom stereocenters. The third-order valence-corrected chi connectivity index (χ3v) is 4.42. The zero-order chi connectivity index (χ0) is 14.1. The summed E-state index contributed by atoms with van der Waals surface area (Å²) in [6.45, 7) is 1.12. The number of carboxylic acid groups (broad SMARTS) is 1. The van der Waals surface area contributed by atoms with Crippen LogP contribution >= 0.6 is 0 Å². The first-order chi connectivity index (χ1) is 8.19. The van der Waals surface area contributed by atoms with Crippen molar-refractivity contribution in [2.45, 2.75) is 17.9 Å². The number of halogens is 2. The molecular weight excluding hydrogens is 268 g/mol. The standard InChI is InChI=1S/C10H11F2NO4S/c1-6(10(14)15)13(2)18(16,17)8-5-3-4-7(11)9(8)12/h3-6H,1-2H3,(H,14,15). The molecule has 5 nitrogen and oxygen atoms in total. The third kappa shape index (κ3) is 2.49. The van der Waals surface area contributed by atoms with Crippen LogP contribution in [0.2, 0.25) is 0 Å². The molecule has 1 aromatic rings. The van der Waals surface area contributed by atoms with E-state index in [4.69, 9.17) is 5.11 Å². The molecule has 0 aliphatic carbocycles. The lowest BCUT2D eigenvalue weighted by Gasteiger charge is -2.21.